The summed E-state index contributed by atoms with van der Waals surface area (Å²) in [6, 6.07) is 1.69. The standard InChI is InChI=1S/C14H28N2/c1-2-6-12-11-14(12)16-10-5-8-13-7-3-4-9-15-13/h12-16H,2-11H2,1H3. The highest BCUT2D eigenvalue weighted by Gasteiger charge is 2.34. The zero-order chi connectivity index (χ0) is 11.2. The second-order valence-electron chi connectivity index (χ2n) is 5.63. The molecule has 16 heavy (non-hydrogen) atoms. The van der Waals surface area contributed by atoms with Crippen LogP contribution in [0.15, 0.2) is 0 Å². The van der Waals surface area contributed by atoms with Crippen molar-refractivity contribution in [3.8, 4) is 0 Å². The first-order chi connectivity index (χ1) is 7.90. The van der Waals surface area contributed by atoms with Gasteiger partial charge >= 0.3 is 0 Å². The van der Waals surface area contributed by atoms with Gasteiger partial charge < -0.3 is 10.6 Å². The van der Waals surface area contributed by atoms with E-state index < -0.39 is 0 Å². The van der Waals surface area contributed by atoms with E-state index in [0.29, 0.717) is 0 Å². The predicted molar refractivity (Wildman–Crippen MR) is 69.7 cm³/mol. The van der Waals surface area contributed by atoms with E-state index in [1.165, 1.54) is 64.5 Å². The van der Waals surface area contributed by atoms with Crippen LogP contribution < -0.4 is 10.6 Å². The van der Waals surface area contributed by atoms with Crippen molar-refractivity contribution >= 4 is 0 Å². The average molecular weight is 224 g/mol. The maximum atomic E-state index is 3.70. The van der Waals surface area contributed by atoms with Gasteiger partial charge in [0.1, 0.15) is 0 Å². The van der Waals surface area contributed by atoms with E-state index in [9.17, 15) is 0 Å². The maximum absolute atomic E-state index is 3.70. The molecule has 0 aromatic heterocycles. The lowest BCUT2D eigenvalue weighted by atomic mass is 10.0. The Kier molecular flexibility index (Phi) is 5.11. The summed E-state index contributed by atoms with van der Waals surface area (Å²) in [7, 11) is 0. The molecule has 1 heterocycles. The molecule has 2 nitrogen and oxygen atoms in total. The lowest BCUT2D eigenvalue weighted by Gasteiger charge is -2.23. The Labute approximate surface area is 101 Å². The van der Waals surface area contributed by atoms with Crippen molar-refractivity contribution in [2.45, 2.75) is 70.4 Å². The summed E-state index contributed by atoms with van der Waals surface area (Å²) in [6.45, 7) is 4.78. The molecule has 2 fully saturated rings. The lowest BCUT2D eigenvalue weighted by Crippen LogP contribution is -2.34. The molecular formula is C14H28N2. The molecule has 1 saturated carbocycles. The van der Waals surface area contributed by atoms with Gasteiger partial charge in [0.05, 0.1) is 0 Å². The quantitative estimate of drug-likeness (QED) is 0.650. The zero-order valence-corrected chi connectivity index (χ0v) is 10.8. The Morgan fingerprint density at radius 1 is 1.25 bits per heavy atom. The molecule has 0 amide bonds. The fourth-order valence-electron chi connectivity index (χ4n) is 2.99. The van der Waals surface area contributed by atoms with Crippen LogP contribution in [0.4, 0.5) is 0 Å². The summed E-state index contributed by atoms with van der Waals surface area (Å²) in [5.74, 6) is 1.01. The van der Waals surface area contributed by atoms with E-state index in [1.54, 1.807) is 0 Å². The van der Waals surface area contributed by atoms with Gasteiger partial charge in [0, 0.05) is 12.1 Å². The summed E-state index contributed by atoms with van der Waals surface area (Å²) < 4.78 is 0. The van der Waals surface area contributed by atoms with Gasteiger partial charge in [0.2, 0.25) is 0 Å². The Bertz CT molecular complexity index is 187. The molecule has 2 N–H and O–H groups in total. The fourth-order valence-corrected chi connectivity index (χ4v) is 2.99. The fraction of sp³-hybridized carbons (Fsp3) is 1.00. The minimum atomic E-state index is 0.821. The van der Waals surface area contributed by atoms with Crippen LogP contribution in [0.5, 0.6) is 0 Å². The summed E-state index contributed by atoms with van der Waals surface area (Å²) in [5.41, 5.74) is 0. The Balaban J connectivity index is 1.43. The van der Waals surface area contributed by atoms with Crippen LogP contribution in [0, 0.1) is 5.92 Å². The van der Waals surface area contributed by atoms with E-state index in [1.807, 2.05) is 0 Å². The normalized spacial score (nSPS) is 33.9. The molecule has 2 heteroatoms. The van der Waals surface area contributed by atoms with Crippen molar-refractivity contribution in [1.82, 2.24) is 10.6 Å². The molecule has 0 radical (unpaired) electrons. The maximum Gasteiger partial charge on any atom is 0.00991 e. The van der Waals surface area contributed by atoms with Gasteiger partial charge in [-0.15, -0.1) is 0 Å². The number of piperidine rings is 1. The topological polar surface area (TPSA) is 24.1 Å². The molecule has 3 unspecified atom stereocenters. The third-order valence-corrected chi connectivity index (χ3v) is 4.13. The van der Waals surface area contributed by atoms with E-state index in [2.05, 4.69) is 17.6 Å². The van der Waals surface area contributed by atoms with Crippen molar-refractivity contribution in [3.05, 3.63) is 0 Å². The van der Waals surface area contributed by atoms with E-state index in [0.717, 1.165) is 18.0 Å². The molecule has 94 valence electrons. The first-order valence-electron chi connectivity index (χ1n) is 7.37. The highest BCUT2D eigenvalue weighted by molar-refractivity contribution is 4.92. The van der Waals surface area contributed by atoms with Crippen LogP contribution in [0.2, 0.25) is 0 Å². The molecule has 0 aromatic carbocycles. The second kappa shape index (κ2) is 6.61. The predicted octanol–water partition coefficient (Wildman–Crippen LogP) is 2.69. The number of hydrogen-bond donors (Lipinski definition) is 2. The van der Waals surface area contributed by atoms with E-state index in [-0.39, 0.29) is 0 Å². The summed E-state index contributed by atoms with van der Waals surface area (Å²) in [6.07, 6.45) is 11.2. The molecule has 0 bridgehead atoms. The van der Waals surface area contributed by atoms with Gasteiger partial charge in [-0.25, -0.2) is 0 Å². The first-order valence-corrected chi connectivity index (χ1v) is 7.37. The summed E-state index contributed by atoms with van der Waals surface area (Å²) >= 11 is 0. The Morgan fingerprint density at radius 3 is 2.94 bits per heavy atom. The van der Waals surface area contributed by atoms with Gasteiger partial charge in [0.15, 0.2) is 0 Å². The van der Waals surface area contributed by atoms with Crippen LogP contribution >= 0.6 is 0 Å². The molecule has 3 atom stereocenters. The Morgan fingerprint density at radius 2 is 2.19 bits per heavy atom. The van der Waals surface area contributed by atoms with Crippen molar-refractivity contribution in [3.63, 3.8) is 0 Å². The average Bonchev–Trinajstić information content (AvgIpc) is 3.05. The monoisotopic (exact) mass is 224 g/mol. The van der Waals surface area contributed by atoms with Crippen molar-refractivity contribution in [1.29, 1.82) is 0 Å². The summed E-state index contributed by atoms with van der Waals surface area (Å²) in [5, 5.41) is 7.33. The van der Waals surface area contributed by atoms with Gasteiger partial charge in [-0.3, -0.25) is 0 Å². The van der Waals surface area contributed by atoms with Crippen LogP contribution in [0.1, 0.15) is 58.3 Å². The molecular weight excluding hydrogens is 196 g/mol. The van der Waals surface area contributed by atoms with Crippen LogP contribution in [0.25, 0.3) is 0 Å². The SMILES string of the molecule is CCCC1CC1NCCCC1CCCCN1. The van der Waals surface area contributed by atoms with Crippen molar-refractivity contribution < 1.29 is 0 Å². The lowest BCUT2D eigenvalue weighted by molar-refractivity contribution is 0.372. The minimum absolute atomic E-state index is 0.821. The third kappa shape index (κ3) is 4.06. The molecule has 2 aliphatic rings. The van der Waals surface area contributed by atoms with Gasteiger partial charge in [0.25, 0.3) is 0 Å². The zero-order valence-electron chi connectivity index (χ0n) is 10.8. The second-order valence-corrected chi connectivity index (χ2v) is 5.63. The highest BCUT2D eigenvalue weighted by atomic mass is 15.0. The molecule has 1 saturated heterocycles. The molecule has 0 spiro atoms. The molecule has 2 rings (SSSR count). The molecule has 1 aliphatic carbocycles. The van der Waals surface area contributed by atoms with E-state index >= 15 is 0 Å². The van der Waals surface area contributed by atoms with Crippen molar-refractivity contribution in [2.75, 3.05) is 13.1 Å². The van der Waals surface area contributed by atoms with Gasteiger partial charge in [-0.2, -0.15) is 0 Å². The minimum Gasteiger partial charge on any atom is -0.314 e. The van der Waals surface area contributed by atoms with Crippen molar-refractivity contribution in [2.24, 2.45) is 5.92 Å². The van der Waals surface area contributed by atoms with Crippen LogP contribution in [-0.4, -0.2) is 25.2 Å². The largest absolute Gasteiger partial charge is 0.314 e. The smallest absolute Gasteiger partial charge is 0.00991 e. The summed E-state index contributed by atoms with van der Waals surface area (Å²) in [4.78, 5) is 0. The van der Waals surface area contributed by atoms with Crippen LogP contribution in [-0.2, 0) is 0 Å². The number of hydrogen-bond acceptors (Lipinski definition) is 2. The highest BCUT2D eigenvalue weighted by Crippen LogP contribution is 2.34. The van der Waals surface area contributed by atoms with Gasteiger partial charge in [-0.05, 0) is 57.5 Å². The van der Waals surface area contributed by atoms with Crippen LogP contribution in [0.3, 0.4) is 0 Å². The molecule has 1 aliphatic heterocycles. The first kappa shape index (κ1) is 12.4. The number of rotatable bonds is 7. The Hall–Kier alpha value is -0.0800. The van der Waals surface area contributed by atoms with Gasteiger partial charge in [-0.1, -0.05) is 19.8 Å². The number of nitrogens with one attached hydrogen (secondary N) is 2. The third-order valence-electron chi connectivity index (χ3n) is 4.13. The molecule has 0 aromatic rings. The van der Waals surface area contributed by atoms with E-state index in [4.69, 9.17) is 0 Å².